The second-order valence-electron chi connectivity index (χ2n) is 3.54. The van der Waals surface area contributed by atoms with Gasteiger partial charge in [0.1, 0.15) is 0 Å². The van der Waals surface area contributed by atoms with Crippen LogP contribution in [-0.4, -0.2) is 60.7 Å². The van der Waals surface area contributed by atoms with E-state index < -0.39 is 0 Å². The van der Waals surface area contributed by atoms with Crippen LogP contribution in [0.2, 0.25) is 0 Å². The third-order valence-corrected chi connectivity index (χ3v) is 2.34. The third-order valence-electron chi connectivity index (χ3n) is 2.34. The number of nitrogens with one attached hydrogen (secondary N) is 2. The Bertz CT molecular complexity index is 323. The number of hydrogen-bond acceptors (Lipinski definition) is 7. The van der Waals surface area contributed by atoms with Gasteiger partial charge in [-0.15, -0.1) is 0 Å². The minimum absolute atomic E-state index is 0.302. The lowest BCUT2D eigenvalue weighted by molar-refractivity contribution is 0.365. The maximum atomic E-state index is 4.99. The smallest absolute Gasteiger partial charge is 0.322 e. The van der Waals surface area contributed by atoms with Crippen molar-refractivity contribution in [3.8, 4) is 6.01 Å². The molecule has 1 aromatic rings. The van der Waals surface area contributed by atoms with Crippen molar-refractivity contribution in [2.24, 2.45) is 0 Å². The van der Waals surface area contributed by atoms with Crippen molar-refractivity contribution in [3.63, 3.8) is 0 Å². The van der Waals surface area contributed by atoms with Crippen LogP contribution in [0.4, 0.5) is 11.9 Å². The van der Waals surface area contributed by atoms with E-state index in [0.29, 0.717) is 17.9 Å². The van der Waals surface area contributed by atoms with Gasteiger partial charge in [0.2, 0.25) is 11.9 Å². The van der Waals surface area contributed by atoms with Gasteiger partial charge in [0, 0.05) is 20.1 Å². The molecule has 17 heavy (non-hydrogen) atoms. The number of ether oxygens (including phenoxy) is 1. The van der Waals surface area contributed by atoms with Gasteiger partial charge in [0.05, 0.1) is 7.11 Å². The lowest BCUT2D eigenvalue weighted by Crippen LogP contribution is -2.25. The van der Waals surface area contributed by atoms with Gasteiger partial charge < -0.3 is 20.3 Å². The summed E-state index contributed by atoms with van der Waals surface area (Å²) >= 11 is 0. The highest BCUT2D eigenvalue weighted by molar-refractivity contribution is 5.35. The summed E-state index contributed by atoms with van der Waals surface area (Å²) in [7, 11) is 5.35. The summed E-state index contributed by atoms with van der Waals surface area (Å²) < 4.78 is 4.99. The molecule has 1 aromatic heterocycles. The highest BCUT2D eigenvalue weighted by Crippen LogP contribution is 2.09. The van der Waals surface area contributed by atoms with Crippen LogP contribution in [0.5, 0.6) is 6.01 Å². The van der Waals surface area contributed by atoms with Crippen molar-refractivity contribution in [2.45, 2.75) is 6.92 Å². The fourth-order valence-electron chi connectivity index (χ4n) is 1.16. The monoisotopic (exact) mass is 240 g/mol. The lowest BCUT2D eigenvalue weighted by Gasteiger charge is -2.14. The van der Waals surface area contributed by atoms with Crippen molar-refractivity contribution in [2.75, 3.05) is 51.5 Å². The Labute approximate surface area is 102 Å². The van der Waals surface area contributed by atoms with Crippen LogP contribution in [0.25, 0.3) is 0 Å². The van der Waals surface area contributed by atoms with Crippen LogP contribution in [-0.2, 0) is 0 Å². The molecule has 0 amide bonds. The van der Waals surface area contributed by atoms with E-state index in [1.165, 1.54) is 7.11 Å². The fraction of sp³-hybridized carbons (Fsp3) is 0.700. The number of aromatic nitrogens is 3. The molecule has 1 heterocycles. The summed E-state index contributed by atoms with van der Waals surface area (Å²) in [4.78, 5) is 14.5. The number of rotatable bonds is 7. The molecule has 0 unspecified atom stereocenters. The molecule has 96 valence electrons. The predicted molar refractivity (Wildman–Crippen MR) is 67.6 cm³/mol. The number of hydrogen-bond donors (Lipinski definition) is 2. The molecule has 0 atom stereocenters. The second kappa shape index (κ2) is 6.85. The van der Waals surface area contributed by atoms with Crippen molar-refractivity contribution < 1.29 is 4.74 Å². The lowest BCUT2D eigenvalue weighted by atomic mass is 10.5. The molecule has 0 aromatic carbocycles. The van der Waals surface area contributed by atoms with Gasteiger partial charge in [0.25, 0.3) is 0 Å². The van der Waals surface area contributed by atoms with Gasteiger partial charge in [-0.2, -0.15) is 15.0 Å². The number of nitrogens with zero attached hydrogens (tertiary/aromatic N) is 4. The van der Waals surface area contributed by atoms with Gasteiger partial charge >= 0.3 is 6.01 Å². The average Bonchev–Trinajstić information content (AvgIpc) is 2.37. The molecule has 0 fully saturated rings. The Hall–Kier alpha value is -1.63. The minimum Gasteiger partial charge on any atom is -0.467 e. The molecule has 0 saturated carbocycles. The molecule has 0 aliphatic carbocycles. The Balaban J connectivity index is 2.57. The summed E-state index contributed by atoms with van der Waals surface area (Å²) in [5.74, 6) is 1.01. The topological polar surface area (TPSA) is 75.2 Å². The van der Waals surface area contributed by atoms with Crippen molar-refractivity contribution in [3.05, 3.63) is 0 Å². The maximum absolute atomic E-state index is 4.99. The molecule has 0 bridgehead atoms. The summed E-state index contributed by atoms with van der Waals surface area (Å²) in [6.45, 7) is 4.84. The van der Waals surface area contributed by atoms with E-state index in [0.717, 1.165) is 19.6 Å². The van der Waals surface area contributed by atoms with E-state index in [-0.39, 0.29) is 0 Å². The first-order valence-corrected chi connectivity index (χ1v) is 5.59. The molecular weight excluding hydrogens is 220 g/mol. The maximum Gasteiger partial charge on any atom is 0.322 e. The first kappa shape index (κ1) is 13.4. The first-order chi connectivity index (χ1) is 8.19. The van der Waals surface area contributed by atoms with Crippen molar-refractivity contribution in [1.29, 1.82) is 0 Å². The minimum atomic E-state index is 0.302. The third kappa shape index (κ3) is 4.39. The molecular formula is C10H20N6O. The van der Waals surface area contributed by atoms with Gasteiger partial charge in [-0.1, -0.05) is 6.92 Å². The van der Waals surface area contributed by atoms with Gasteiger partial charge in [-0.05, 0) is 13.6 Å². The molecule has 7 heteroatoms. The highest BCUT2D eigenvalue weighted by Gasteiger charge is 2.05. The van der Waals surface area contributed by atoms with Crippen LogP contribution in [0.3, 0.4) is 0 Å². The average molecular weight is 240 g/mol. The number of likely N-dealkylation sites (N-methyl/N-ethyl adjacent to an activating group) is 1. The summed E-state index contributed by atoms with van der Waals surface area (Å²) in [6.07, 6.45) is 0. The summed E-state index contributed by atoms with van der Waals surface area (Å²) in [6, 6.07) is 0.302. The Morgan fingerprint density at radius 2 is 1.94 bits per heavy atom. The second-order valence-corrected chi connectivity index (χ2v) is 3.54. The molecule has 0 radical (unpaired) electrons. The van der Waals surface area contributed by atoms with Crippen LogP contribution in [0.1, 0.15) is 6.92 Å². The van der Waals surface area contributed by atoms with Gasteiger partial charge in [0.15, 0.2) is 0 Å². The fourth-order valence-corrected chi connectivity index (χ4v) is 1.16. The largest absolute Gasteiger partial charge is 0.467 e. The van der Waals surface area contributed by atoms with E-state index in [1.807, 2.05) is 0 Å². The van der Waals surface area contributed by atoms with Crippen LogP contribution in [0.15, 0.2) is 0 Å². The van der Waals surface area contributed by atoms with Gasteiger partial charge in [-0.25, -0.2) is 0 Å². The molecule has 7 nitrogen and oxygen atoms in total. The van der Waals surface area contributed by atoms with Gasteiger partial charge in [-0.3, -0.25) is 0 Å². The zero-order valence-electron chi connectivity index (χ0n) is 10.8. The predicted octanol–water partition coefficient (Wildman–Crippen LogP) is 0.285. The standard InChI is InChI=1S/C10H20N6O/c1-5-16(3)7-6-12-9-13-8(11-2)14-10(15-9)17-4/h5-7H2,1-4H3,(H2,11,12,13,14,15). The van der Waals surface area contributed by atoms with Crippen LogP contribution >= 0.6 is 0 Å². The normalized spacial score (nSPS) is 10.4. The molecule has 2 N–H and O–H groups in total. The van der Waals surface area contributed by atoms with Crippen LogP contribution < -0.4 is 15.4 Å². The first-order valence-electron chi connectivity index (χ1n) is 5.59. The number of anilines is 2. The molecule has 0 spiro atoms. The number of methoxy groups -OCH3 is 1. The Morgan fingerprint density at radius 1 is 1.24 bits per heavy atom. The Morgan fingerprint density at radius 3 is 2.53 bits per heavy atom. The van der Waals surface area contributed by atoms with Crippen LogP contribution in [0, 0.1) is 0 Å². The molecule has 0 aliphatic heterocycles. The van der Waals surface area contributed by atoms with E-state index in [1.54, 1.807) is 7.05 Å². The van der Waals surface area contributed by atoms with Crippen molar-refractivity contribution >= 4 is 11.9 Å². The SMILES string of the molecule is CCN(C)CCNc1nc(NC)nc(OC)n1. The van der Waals surface area contributed by atoms with E-state index in [9.17, 15) is 0 Å². The zero-order valence-corrected chi connectivity index (χ0v) is 10.8. The van der Waals surface area contributed by atoms with E-state index in [2.05, 4.69) is 44.5 Å². The highest BCUT2D eigenvalue weighted by atomic mass is 16.5. The summed E-state index contributed by atoms with van der Waals surface area (Å²) in [5, 5.41) is 6.00. The molecule has 1 rings (SSSR count). The summed E-state index contributed by atoms with van der Waals surface area (Å²) in [5.41, 5.74) is 0. The Kier molecular flexibility index (Phi) is 5.41. The quantitative estimate of drug-likeness (QED) is 0.709. The van der Waals surface area contributed by atoms with E-state index in [4.69, 9.17) is 4.74 Å². The molecule has 0 saturated heterocycles. The zero-order chi connectivity index (χ0) is 12.7. The molecule has 0 aliphatic rings. The van der Waals surface area contributed by atoms with Crippen molar-refractivity contribution in [1.82, 2.24) is 19.9 Å². The van der Waals surface area contributed by atoms with E-state index >= 15 is 0 Å².